The fourth-order valence-electron chi connectivity index (χ4n) is 1.84. The molecule has 18 heavy (non-hydrogen) atoms. The number of anilines is 1. The van der Waals surface area contributed by atoms with Gasteiger partial charge in [0.15, 0.2) is 0 Å². The van der Waals surface area contributed by atoms with Crippen molar-refractivity contribution in [2.75, 3.05) is 30.9 Å². The fraction of sp³-hybridized carbons (Fsp3) is 0.600. The van der Waals surface area contributed by atoms with Crippen LogP contribution in [0.2, 0.25) is 0 Å². The Morgan fingerprint density at radius 1 is 1.22 bits per heavy atom. The Kier molecular flexibility index (Phi) is 3.79. The van der Waals surface area contributed by atoms with E-state index >= 15 is 0 Å². The lowest BCUT2D eigenvalue weighted by atomic mass is 10.4. The minimum absolute atomic E-state index is 0.131. The molecule has 7 nitrogen and oxygen atoms in total. The van der Waals surface area contributed by atoms with E-state index < -0.39 is 10.2 Å². The lowest BCUT2D eigenvalue weighted by Crippen LogP contribution is -2.48. The molecule has 1 aromatic heterocycles. The number of hydrogen-bond donors (Lipinski definition) is 2. The average molecular weight is 271 g/mol. The van der Waals surface area contributed by atoms with Crippen LogP contribution in [0.15, 0.2) is 6.07 Å². The molecule has 0 atom stereocenters. The van der Waals surface area contributed by atoms with Gasteiger partial charge in [-0.1, -0.05) is 0 Å². The van der Waals surface area contributed by atoms with Crippen LogP contribution in [-0.4, -0.2) is 48.9 Å². The van der Waals surface area contributed by atoms with Crippen molar-refractivity contribution in [2.45, 2.75) is 13.8 Å². The molecule has 1 saturated heterocycles. The summed E-state index contributed by atoms with van der Waals surface area (Å²) < 4.78 is 28.0. The molecule has 1 aliphatic rings. The SMILES string of the molecule is Cc1cc(C)nc(NS(=O)(=O)N2CCNCC2)n1. The van der Waals surface area contributed by atoms with Crippen molar-refractivity contribution in [2.24, 2.45) is 0 Å². The molecule has 0 saturated carbocycles. The smallest absolute Gasteiger partial charge is 0.304 e. The van der Waals surface area contributed by atoms with Crippen molar-refractivity contribution in [3.8, 4) is 0 Å². The molecular formula is C10H17N5O2S. The third kappa shape index (κ3) is 3.15. The molecule has 2 rings (SSSR count). The quantitative estimate of drug-likeness (QED) is 0.785. The van der Waals surface area contributed by atoms with Gasteiger partial charge in [0.25, 0.3) is 0 Å². The Balaban J connectivity index is 2.16. The Morgan fingerprint density at radius 2 is 1.78 bits per heavy atom. The van der Waals surface area contributed by atoms with Crippen molar-refractivity contribution in [1.29, 1.82) is 0 Å². The van der Waals surface area contributed by atoms with E-state index in [1.165, 1.54) is 4.31 Å². The van der Waals surface area contributed by atoms with E-state index in [0.717, 1.165) is 11.4 Å². The second-order valence-electron chi connectivity index (χ2n) is 4.23. The molecule has 0 spiro atoms. The minimum atomic E-state index is -3.55. The highest BCUT2D eigenvalue weighted by atomic mass is 32.2. The van der Waals surface area contributed by atoms with Gasteiger partial charge in [-0.15, -0.1) is 0 Å². The van der Waals surface area contributed by atoms with E-state index in [4.69, 9.17) is 0 Å². The largest absolute Gasteiger partial charge is 0.314 e. The second-order valence-corrected chi connectivity index (χ2v) is 5.90. The van der Waals surface area contributed by atoms with Gasteiger partial charge in [-0.25, -0.2) is 14.7 Å². The van der Waals surface area contributed by atoms with E-state index in [-0.39, 0.29) is 5.95 Å². The van der Waals surface area contributed by atoms with Crippen molar-refractivity contribution in [1.82, 2.24) is 19.6 Å². The zero-order valence-corrected chi connectivity index (χ0v) is 11.3. The van der Waals surface area contributed by atoms with Crippen LogP contribution in [0.4, 0.5) is 5.95 Å². The average Bonchev–Trinajstić information content (AvgIpc) is 2.28. The number of piperazine rings is 1. The van der Waals surface area contributed by atoms with E-state index in [1.807, 2.05) is 0 Å². The molecule has 0 bridgehead atoms. The molecule has 2 heterocycles. The van der Waals surface area contributed by atoms with E-state index in [2.05, 4.69) is 20.0 Å². The summed E-state index contributed by atoms with van der Waals surface area (Å²) in [7, 11) is -3.55. The Bertz CT molecular complexity index is 505. The number of aryl methyl sites for hydroxylation is 2. The molecule has 8 heteroatoms. The Morgan fingerprint density at radius 3 is 2.33 bits per heavy atom. The maximum Gasteiger partial charge on any atom is 0.304 e. The summed E-state index contributed by atoms with van der Waals surface area (Å²) in [5.41, 5.74) is 1.47. The molecule has 0 amide bonds. The lowest BCUT2D eigenvalue weighted by Gasteiger charge is -2.26. The summed E-state index contributed by atoms with van der Waals surface area (Å²) in [4.78, 5) is 8.14. The van der Waals surface area contributed by atoms with Gasteiger partial charge in [0, 0.05) is 37.6 Å². The standard InChI is InChI=1S/C10H17N5O2S/c1-8-7-9(2)13-10(12-8)14-18(16,17)15-5-3-11-4-6-15/h7,11H,3-6H2,1-2H3,(H,12,13,14). The first kappa shape index (κ1) is 13.2. The van der Waals surface area contributed by atoms with Gasteiger partial charge in [-0.3, -0.25) is 0 Å². The molecule has 0 radical (unpaired) electrons. The maximum atomic E-state index is 12.1. The zero-order valence-electron chi connectivity index (χ0n) is 10.5. The molecular weight excluding hydrogens is 254 g/mol. The van der Waals surface area contributed by atoms with Crippen LogP contribution < -0.4 is 10.0 Å². The summed E-state index contributed by atoms with van der Waals surface area (Å²) in [6, 6.07) is 1.79. The fourth-order valence-corrected chi connectivity index (χ4v) is 2.95. The first-order valence-electron chi connectivity index (χ1n) is 5.78. The van der Waals surface area contributed by atoms with Crippen molar-refractivity contribution in [3.63, 3.8) is 0 Å². The van der Waals surface area contributed by atoms with Crippen molar-refractivity contribution in [3.05, 3.63) is 17.5 Å². The number of rotatable bonds is 3. The number of nitrogens with zero attached hydrogens (tertiary/aromatic N) is 3. The zero-order chi connectivity index (χ0) is 13.2. The van der Waals surface area contributed by atoms with E-state index in [0.29, 0.717) is 26.2 Å². The highest BCUT2D eigenvalue weighted by Gasteiger charge is 2.24. The van der Waals surface area contributed by atoms with Crippen molar-refractivity contribution < 1.29 is 8.42 Å². The summed E-state index contributed by atoms with van der Waals surface area (Å²) in [6.07, 6.45) is 0. The van der Waals surface area contributed by atoms with E-state index in [9.17, 15) is 8.42 Å². The van der Waals surface area contributed by atoms with Gasteiger partial charge in [-0.05, 0) is 19.9 Å². The van der Waals surface area contributed by atoms with Crippen LogP contribution in [0.25, 0.3) is 0 Å². The van der Waals surface area contributed by atoms with Gasteiger partial charge in [-0.2, -0.15) is 12.7 Å². The molecule has 1 fully saturated rings. The molecule has 1 aliphatic heterocycles. The molecule has 2 N–H and O–H groups in total. The van der Waals surface area contributed by atoms with Gasteiger partial charge >= 0.3 is 10.2 Å². The molecule has 0 aromatic carbocycles. The monoisotopic (exact) mass is 271 g/mol. The van der Waals surface area contributed by atoms with Crippen LogP contribution in [0.5, 0.6) is 0 Å². The first-order valence-corrected chi connectivity index (χ1v) is 7.22. The maximum absolute atomic E-state index is 12.1. The van der Waals surface area contributed by atoms with Crippen molar-refractivity contribution >= 4 is 16.2 Å². The summed E-state index contributed by atoms with van der Waals surface area (Å²) in [5.74, 6) is 0.131. The van der Waals surface area contributed by atoms with Crippen LogP contribution in [-0.2, 0) is 10.2 Å². The van der Waals surface area contributed by atoms with Gasteiger partial charge in [0.1, 0.15) is 0 Å². The summed E-state index contributed by atoms with van der Waals surface area (Å²) >= 11 is 0. The highest BCUT2D eigenvalue weighted by molar-refractivity contribution is 7.90. The number of aromatic nitrogens is 2. The summed E-state index contributed by atoms with van der Waals surface area (Å²) in [5, 5.41) is 3.10. The van der Waals surface area contributed by atoms with E-state index in [1.54, 1.807) is 19.9 Å². The summed E-state index contributed by atoms with van der Waals surface area (Å²) in [6.45, 7) is 5.85. The molecule has 0 unspecified atom stereocenters. The lowest BCUT2D eigenvalue weighted by molar-refractivity contribution is 0.362. The van der Waals surface area contributed by atoms with Gasteiger partial charge < -0.3 is 5.32 Å². The number of hydrogen-bond acceptors (Lipinski definition) is 5. The van der Waals surface area contributed by atoms with Crippen LogP contribution in [0.1, 0.15) is 11.4 Å². The normalized spacial score (nSPS) is 17.7. The third-order valence-electron chi connectivity index (χ3n) is 2.62. The van der Waals surface area contributed by atoms with Crippen LogP contribution in [0.3, 0.4) is 0 Å². The Hall–Kier alpha value is -1.25. The Labute approximate surface area is 107 Å². The van der Waals surface area contributed by atoms with Crippen LogP contribution >= 0.6 is 0 Å². The topological polar surface area (TPSA) is 87.2 Å². The first-order chi connectivity index (χ1) is 8.47. The predicted octanol–water partition coefficient (Wildman–Crippen LogP) is -0.345. The molecule has 100 valence electrons. The highest BCUT2D eigenvalue weighted by Crippen LogP contribution is 2.09. The molecule has 0 aliphatic carbocycles. The second kappa shape index (κ2) is 5.17. The predicted molar refractivity (Wildman–Crippen MR) is 68.5 cm³/mol. The van der Waals surface area contributed by atoms with Crippen LogP contribution in [0, 0.1) is 13.8 Å². The van der Waals surface area contributed by atoms with Gasteiger partial charge in [0.05, 0.1) is 0 Å². The third-order valence-corrected chi connectivity index (χ3v) is 4.10. The number of nitrogens with one attached hydrogen (secondary N) is 2. The minimum Gasteiger partial charge on any atom is -0.314 e. The molecule has 1 aromatic rings. The van der Waals surface area contributed by atoms with Gasteiger partial charge in [0.2, 0.25) is 5.95 Å².